The fourth-order valence-electron chi connectivity index (χ4n) is 3.58. The van der Waals surface area contributed by atoms with Crippen molar-refractivity contribution >= 4 is 16.6 Å². The van der Waals surface area contributed by atoms with Gasteiger partial charge in [-0.2, -0.15) is 13.2 Å². The van der Waals surface area contributed by atoms with Gasteiger partial charge in [0.2, 0.25) is 0 Å². The van der Waals surface area contributed by atoms with Crippen molar-refractivity contribution in [3.8, 4) is 17.0 Å². The molecular weight excluding hydrogens is 355 g/mol. The molecule has 0 aliphatic heterocycles. The smallest absolute Gasteiger partial charge is 0.416 e. The maximum atomic E-state index is 12.9. The van der Waals surface area contributed by atoms with E-state index in [-0.39, 0.29) is 5.56 Å². The summed E-state index contributed by atoms with van der Waals surface area (Å²) in [6, 6.07) is 10.7. The summed E-state index contributed by atoms with van der Waals surface area (Å²) in [4.78, 5) is 0. The molecule has 2 aromatic carbocycles. The second-order valence-corrected chi connectivity index (χ2v) is 6.80. The zero-order chi connectivity index (χ0) is 19.0. The third kappa shape index (κ3) is 3.41. The number of anilines is 1. The number of nitrogens with one attached hydrogen (secondary N) is 1. The van der Waals surface area contributed by atoms with Crippen LogP contribution in [0.1, 0.15) is 31.2 Å². The van der Waals surface area contributed by atoms with Crippen LogP contribution in [-0.4, -0.2) is 21.3 Å². The maximum absolute atomic E-state index is 12.9. The lowest BCUT2D eigenvalue weighted by atomic mass is 10.0. The van der Waals surface area contributed by atoms with Crippen LogP contribution in [-0.2, 0) is 6.18 Å². The van der Waals surface area contributed by atoms with Crippen molar-refractivity contribution < 1.29 is 18.3 Å². The number of halogens is 3. The topological polar surface area (TPSA) is 58.0 Å². The average molecular weight is 373 g/mol. The predicted octanol–water partition coefficient (Wildman–Crippen LogP) is 5.38. The molecule has 1 aromatic heterocycles. The van der Waals surface area contributed by atoms with Crippen LogP contribution in [0.15, 0.2) is 42.5 Å². The molecule has 4 rings (SSSR count). The Bertz CT molecular complexity index is 982. The number of aromatic nitrogens is 2. The highest BCUT2D eigenvalue weighted by molar-refractivity contribution is 6.00. The van der Waals surface area contributed by atoms with Crippen LogP contribution >= 0.6 is 0 Å². The third-order valence-corrected chi connectivity index (χ3v) is 4.96. The summed E-state index contributed by atoms with van der Waals surface area (Å²) >= 11 is 0. The minimum absolute atomic E-state index is 0.221. The molecule has 0 atom stereocenters. The maximum Gasteiger partial charge on any atom is 0.416 e. The zero-order valence-corrected chi connectivity index (χ0v) is 14.4. The van der Waals surface area contributed by atoms with Crippen molar-refractivity contribution in [3.05, 3.63) is 48.0 Å². The summed E-state index contributed by atoms with van der Waals surface area (Å²) in [5, 5.41) is 23.6. The first-order valence-corrected chi connectivity index (χ1v) is 8.86. The van der Waals surface area contributed by atoms with Gasteiger partial charge in [0.15, 0.2) is 5.82 Å². The predicted molar refractivity (Wildman–Crippen MR) is 97.5 cm³/mol. The molecule has 0 unspecified atom stereocenters. The molecule has 3 aromatic rings. The van der Waals surface area contributed by atoms with Crippen LogP contribution in [0.5, 0.6) is 5.75 Å². The standard InChI is InChI=1S/C20H18F3N3O/c21-20(22,23)12-9-10-16(17(27)11-12)18-14-7-3-4-8-15(14)19(26-25-18)24-13-5-1-2-6-13/h3-4,7-11,13,27H,1-2,5-6H2,(H,24,26). The van der Waals surface area contributed by atoms with E-state index >= 15 is 0 Å². The highest BCUT2D eigenvalue weighted by Gasteiger charge is 2.31. The number of hydrogen-bond donors (Lipinski definition) is 2. The molecule has 7 heteroatoms. The first kappa shape index (κ1) is 17.6. The van der Waals surface area contributed by atoms with E-state index in [0.29, 0.717) is 17.6 Å². The van der Waals surface area contributed by atoms with E-state index in [1.165, 1.54) is 18.9 Å². The van der Waals surface area contributed by atoms with E-state index < -0.39 is 17.5 Å². The second-order valence-electron chi connectivity index (χ2n) is 6.80. The minimum Gasteiger partial charge on any atom is -0.507 e. The number of phenols is 1. The highest BCUT2D eigenvalue weighted by Crippen LogP contribution is 2.39. The number of benzene rings is 2. The van der Waals surface area contributed by atoms with Crippen LogP contribution < -0.4 is 5.32 Å². The Balaban J connectivity index is 1.79. The number of phenolic OH excluding ortho intramolecular Hbond substituents is 1. The molecule has 1 aliphatic rings. The van der Waals surface area contributed by atoms with E-state index in [4.69, 9.17) is 0 Å². The Morgan fingerprint density at radius 2 is 1.67 bits per heavy atom. The molecule has 27 heavy (non-hydrogen) atoms. The van der Waals surface area contributed by atoms with E-state index in [0.717, 1.165) is 35.7 Å². The van der Waals surface area contributed by atoms with Crippen molar-refractivity contribution in [3.63, 3.8) is 0 Å². The fraction of sp³-hybridized carbons (Fsp3) is 0.300. The Hall–Kier alpha value is -2.83. The number of hydrogen-bond acceptors (Lipinski definition) is 4. The first-order chi connectivity index (χ1) is 12.9. The molecule has 1 saturated carbocycles. The SMILES string of the molecule is Oc1cc(C(F)(F)F)ccc1-c1nnc(NC2CCCC2)c2ccccc12. The van der Waals surface area contributed by atoms with Gasteiger partial charge >= 0.3 is 6.18 Å². The summed E-state index contributed by atoms with van der Waals surface area (Å²) < 4.78 is 38.6. The Kier molecular flexibility index (Phi) is 4.37. The van der Waals surface area contributed by atoms with Gasteiger partial charge < -0.3 is 10.4 Å². The van der Waals surface area contributed by atoms with Crippen molar-refractivity contribution in [2.24, 2.45) is 0 Å². The molecule has 1 aliphatic carbocycles. The molecular formula is C20H18F3N3O. The number of fused-ring (bicyclic) bond motifs is 1. The monoisotopic (exact) mass is 373 g/mol. The van der Waals surface area contributed by atoms with Gasteiger partial charge in [-0.15, -0.1) is 10.2 Å². The molecule has 0 amide bonds. The number of rotatable bonds is 3. The van der Waals surface area contributed by atoms with Crippen molar-refractivity contribution in [2.45, 2.75) is 37.9 Å². The summed E-state index contributed by atoms with van der Waals surface area (Å²) in [6.45, 7) is 0. The summed E-state index contributed by atoms with van der Waals surface area (Å²) in [5.41, 5.74) is -0.326. The Labute approximate surface area is 154 Å². The molecule has 1 fully saturated rings. The van der Waals surface area contributed by atoms with E-state index in [9.17, 15) is 18.3 Å². The largest absolute Gasteiger partial charge is 0.507 e. The minimum atomic E-state index is -4.52. The fourth-order valence-corrected chi connectivity index (χ4v) is 3.58. The lowest BCUT2D eigenvalue weighted by Crippen LogP contribution is -2.16. The highest BCUT2D eigenvalue weighted by atomic mass is 19.4. The molecule has 0 saturated heterocycles. The first-order valence-electron chi connectivity index (χ1n) is 8.86. The van der Waals surface area contributed by atoms with Crippen LogP contribution in [0.2, 0.25) is 0 Å². The zero-order valence-electron chi connectivity index (χ0n) is 14.4. The van der Waals surface area contributed by atoms with Gasteiger partial charge in [-0.05, 0) is 31.0 Å². The van der Waals surface area contributed by atoms with Crippen molar-refractivity contribution in [2.75, 3.05) is 5.32 Å². The average Bonchev–Trinajstić information content (AvgIpc) is 3.15. The molecule has 4 nitrogen and oxygen atoms in total. The van der Waals surface area contributed by atoms with Gasteiger partial charge in [0.25, 0.3) is 0 Å². The van der Waals surface area contributed by atoms with Gasteiger partial charge in [0.1, 0.15) is 11.4 Å². The molecule has 1 heterocycles. The lowest BCUT2D eigenvalue weighted by Gasteiger charge is -2.16. The molecule has 140 valence electrons. The van der Waals surface area contributed by atoms with Gasteiger partial charge in [-0.1, -0.05) is 37.1 Å². The van der Waals surface area contributed by atoms with E-state index in [2.05, 4.69) is 15.5 Å². The second kappa shape index (κ2) is 6.72. The summed E-state index contributed by atoms with van der Waals surface area (Å²) in [5.74, 6) is 0.188. The molecule has 0 spiro atoms. The van der Waals surface area contributed by atoms with Gasteiger partial charge in [0, 0.05) is 22.4 Å². The van der Waals surface area contributed by atoms with Crippen LogP contribution in [0.3, 0.4) is 0 Å². The quantitative estimate of drug-likeness (QED) is 0.648. The Morgan fingerprint density at radius 1 is 0.963 bits per heavy atom. The van der Waals surface area contributed by atoms with Gasteiger partial charge in [0.05, 0.1) is 5.56 Å². The number of alkyl halides is 3. The lowest BCUT2D eigenvalue weighted by molar-refractivity contribution is -0.137. The third-order valence-electron chi connectivity index (χ3n) is 4.96. The van der Waals surface area contributed by atoms with E-state index in [1.807, 2.05) is 24.3 Å². The molecule has 0 radical (unpaired) electrons. The Morgan fingerprint density at radius 3 is 2.33 bits per heavy atom. The number of aromatic hydroxyl groups is 1. The van der Waals surface area contributed by atoms with Crippen LogP contribution in [0.25, 0.3) is 22.0 Å². The van der Waals surface area contributed by atoms with Crippen molar-refractivity contribution in [1.29, 1.82) is 0 Å². The molecule has 0 bridgehead atoms. The van der Waals surface area contributed by atoms with Crippen molar-refractivity contribution in [1.82, 2.24) is 10.2 Å². The van der Waals surface area contributed by atoms with Gasteiger partial charge in [-0.3, -0.25) is 0 Å². The summed E-state index contributed by atoms with van der Waals surface area (Å²) in [6.07, 6.45) is 0.00872. The molecule has 2 N–H and O–H groups in total. The van der Waals surface area contributed by atoms with Gasteiger partial charge in [-0.25, -0.2) is 0 Å². The summed E-state index contributed by atoms with van der Waals surface area (Å²) in [7, 11) is 0. The van der Waals surface area contributed by atoms with Crippen LogP contribution in [0, 0.1) is 0 Å². The normalized spacial score (nSPS) is 15.4. The van der Waals surface area contributed by atoms with E-state index in [1.54, 1.807) is 0 Å². The van der Waals surface area contributed by atoms with Crippen LogP contribution in [0.4, 0.5) is 19.0 Å². The number of nitrogens with zero attached hydrogens (tertiary/aromatic N) is 2.